The quantitative estimate of drug-likeness (QED) is 0.899. The van der Waals surface area contributed by atoms with E-state index in [1.165, 1.54) is 18.4 Å². The van der Waals surface area contributed by atoms with E-state index >= 15 is 0 Å². The summed E-state index contributed by atoms with van der Waals surface area (Å²) in [4.78, 5) is 0. The number of benzene rings is 1. The first-order chi connectivity index (χ1) is 9.26. The van der Waals surface area contributed by atoms with E-state index in [0.717, 1.165) is 41.4 Å². The molecule has 0 radical (unpaired) electrons. The van der Waals surface area contributed by atoms with E-state index < -0.39 is 0 Å². The summed E-state index contributed by atoms with van der Waals surface area (Å²) >= 11 is 3.66. The van der Waals surface area contributed by atoms with Crippen LogP contribution in [0.2, 0.25) is 0 Å². The Bertz CT molecular complexity index is 417. The van der Waals surface area contributed by atoms with Crippen molar-refractivity contribution >= 4 is 15.9 Å². The zero-order valence-electron chi connectivity index (χ0n) is 11.7. The maximum atomic E-state index is 5.81. The van der Waals surface area contributed by atoms with Crippen molar-refractivity contribution in [3.8, 4) is 11.5 Å². The monoisotopic (exact) mass is 327 g/mol. The van der Waals surface area contributed by atoms with Crippen LogP contribution < -0.4 is 14.8 Å². The van der Waals surface area contributed by atoms with E-state index in [4.69, 9.17) is 9.47 Å². The van der Waals surface area contributed by atoms with Crippen molar-refractivity contribution in [2.24, 2.45) is 5.92 Å². The van der Waals surface area contributed by atoms with Gasteiger partial charge in [-0.1, -0.05) is 15.9 Å². The van der Waals surface area contributed by atoms with Gasteiger partial charge in [-0.15, -0.1) is 0 Å². The Hall–Kier alpha value is -0.740. The molecule has 4 heteroatoms. The number of piperidine rings is 1. The van der Waals surface area contributed by atoms with Crippen LogP contribution in [0, 0.1) is 5.92 Å². The molecule has 1 heterocycles. The number of ether oxygens (including phenoxy) is 2. The zero-order valence-corrected chi connectivity index (χ0v) is 13.3. The molecule has 1 aliphatic rings. The molecule has 0 unspecified atom stereocenters. The summed E-state index contributed by atoms with van der Waals surface area (Å²) < 4.78 is 12.4. The molecular formula is C15H22BrNO2. The predicted molar refractivity (Wildman–Crippen MR) is 81.2 cm³/mol. The van der Waals surface area contributed by atoms with Gasteiger partial charge in [0, 0.05) is 10.0 Å². The van der Waals surface area contributed by atoms with Crippen LogP contribution in [0.25, 0.3) is 0 Å². The molecule has 1 aromatic carbocycles. The Morgan fingerprint density at radius 3 is 2.68 bits per heavy atom. The number of hydrogen-bond acceptors (Lipinski definition) is 3. The van der Waals surface area contributed by atoms with Gasteiger partial charge in [0.05, 0.1) is 13.7 Å². The minimum absolute atomic E-state index is 0.659. The number of hydrogen-bond donors (Lipinski definition) is 1. The molecule has 1 aliphatic heterocycles. The SMILES string of the molecule is CCOc1c(OC)ccc(Br)c1CC1CCNCC1. The highest BCUT2D eigenvalue weighted by Crippen LogP contribution is 2.38. The van der Waals surface area contributed by atoms with Gasteiger partial charge in [0.2, 0.25) is 0 Å². The van der Waals surface area contributed by atoms with Crippen LogP contribution in [0.15, 0.2) is 16.6 Å². The van der Waals surface area contributed by atoms with Gasteiger partial charge in [-0.2, -0.15) is 0 Å². The second-order valence-corrected chi connectivity index (χ2v) is 5.74. The number of halogens is 1. The highest BCUT2D eigenvalue weighted by atomic mass is 79.9. The summed E-state index contributed by atoms with van der Waals surface area (Å²) in [5, 5.41) is 3.41. The van der Waals surface area contributed by atoms with Gasteiger partial charge in [0.25, 0.3) is 0 Å². The number of rotatable bonds is 5. The van der Waals surface area contributed by atoms with Crippen molar-refractivity contribution in [1.29, 1.82) is 0 Å². The van der Waals surface area contributed by atoms with Gasteiger partial charge in [-0.25, -0.2) is 0 Å². The third-order valence-corrected chi connectivity index (χ3v) is 4.37. The lowest BCUT2D eigenvalue weighted by Gasteiger charge is -2.24. The third-order valence-electron chi connectivity index (χ3n) is 3.63. The largest absolute Gasteiger partial charge is 0.493 e. The van der Waals surface area contributed by atoms with Crippen molar-refractivity contribution < 1.29 is 9.47 Å². The highest BCUT2D eigenvalue weighted by molar-refractivity contribution is 9.10. The molecule has 1 N–H and O–H groups in total. The average molecular weight is 328 g/mol. The van der Waals surface area contributed by atoms with Gasteiger partial charge in [-0.05, 0) is 57.3 Å². The molecule has 0 bridgehead atoms. The van der Waals surface area contributed by atoms with Crippen LogP contribution in [0.4, 0.5) is 0 Å². The maximum Gasteiger partial charge on any atom is 0.165 e. The second-order valence-electron chi connectivity index (χ2n) is 4.89. The van der Waals surface area contributed by atoms with Gasteiger partial charge < -0.3 is 14.8 Å². The third kappa shape index (κ3) is 3.63. The van der Waals surface area contributed by atoms with Crippen LogP contribution in [-0.2, 0) is 6.42 Å². The van der Waals surface area contributed by atoms with E-state index in [0.29, 0.717) is 6.61 Å². The maximum absolute atomic E-state index is 5.81. The first-order valence-corrected chi connectivity index (χ1v) is 7.74. The topological polar surface area (TPSA) is 30.5 Å². The summed E-state index contributed by atoms with van der Waals surface area (Å²) in [6, 6.07) is 4.01. The molecular weight excluding hydrogens is 306 g/mol. The molecule has 1 aromatic rings. The minimum Gasteiger partial charge on any atom is -0.493 e. The average Bonchev–Trinajstić information content (AvgIpc) is 2.44. The van der Waals surface area contributed by atoms with Gasteiger partial charge in [0.15, 0.2) is 11.5 Å². The molecule has 3 nitrogen and oxygen atoms in total. The molecule has 0 aromatic heterocycles. The van der Waals surface area contributed by atoms with Crippen LogP contribution in [0.5, 0.6) is 11.5 Å². The standard InChI is InChI=1S/C15H22BrNO2/c1-3-19-15-12(10-11-6-8-17-9-7-11)13(16)4-5-14(15)18-2/h4-5,11,17H,3,6-10H2,1-2H3. The fraction of sp³-hybridized carbons (Fsp3) is 0.600. The van der Waals surface area contributed by atoms with Crippen molar-refractivity contribution in [3.05, 3.63) is 22.2 Å². The van der Waals surface area contributed by atoms with Gasteiger partial charge in [-0.3, -0.25) is 0 Å². The van der Waals surface area contributed by atoms with Gasteiger partial charge in [0.1, 0.15) is 0 Å². The van der Waals surface area contributed by atoms with Crippen molar-refractivity contribution in [1.82, 2.24) is 5.32 Å². The first kappa shape index (κ1) is 14.7. The molecule has 2 rings (SSSR count). The second kappa shape index (κ2) is 7.15. The van der Waals surface area contributed by atoms with E-state index in [2.05, 4.69) is 27.3 Å². The molecule has 0 aliphatic carbocycles. The molecule has 1 saturated heterocycles. The van der Waals surface area contributed by atoms with Crippen molar-refractivity contribution in [2.45, 2.75) is 26.2 Å². The molecule has 0 atom stereocenters. The fourth-order valence-corrected chi connectivity index (χ4v) is 3.08. The van der Waals surface area contributed by atoms with E-state index in [1.807, 2.05) is 13.0 Å². The summed E-state index contributed by atoms with van der Waals surface area (Å²) in [7, 11) is 1.69. The Morgan fingerprint density at radius 1 is 1.32 bits per heavy atom. The smallest absolute Gasteiger partial charge is 0.165 e. The number of nitrogens with one attached hydrogen (secondary N) is 1. The van der Waals surface area contributed by atoms with Crippen molar-refractivity contribution in [2.75, 3.05) is 26.8 Å². The summed E-state index contributed by atoms with van der Waals surface area (Å²) in [5.41, 5.74) is 1.24. The van der Waals surface area contributed by atoms with E-state index in [1.54, 1.807) is 7.11 Å². The lowest BCUT2D eigenvalue weighted by Crippen LogP contribution is -2.28. The van der Waals surface area contributed by atoms with Crippen LogP contribution in [0.1, 0.15) is 25.3 Å². The van der Waals surface area contributed by atoms with E-state index in [-0.39, 0.29) is 0 Å². The zero-order chi connectivity index (χ0) is 13.7. The van der Waals surface area contributed by atoms with Crippen LogP contribution >= 0.6 is 15.9 Å². The van der Waals surface area contributed by atoms with E-state index in [9.17, 15) is 0 Å². The summed E-state index contributed by atoms with van der Waals surface area (Å²) in [6.45, 7) is 4.91. The Kier molecular flexibility index (Phi) is 5.52. The Morgan fingerprint density at radius 2 is 2.05 bits per heavy atom. The first-order valence-electron chi connectivity index (χ1n) is 6.95. The number of methoxy groups -OCH3 is 1. The summed E-state index contributed by atoms with van der Waals surface area (Å²) in [5.74, 6) is 2.45. The Labute approximate surface area is 123 Å². The fourth-order valence-electron chi connectivity index (χ4n) is 2.61. The predicted octanol–water partition coefficient (Wildman–Crippen LogP) is 3.40. The summed E-state index contributed by atoms with van der Waals surface area (Å²) in [6.07, 6.45) is 3.51. The van der Waals surface area contributed by atoms with Crippen LogP contribution in [0.3, 0.4) is 0 Å². The normalized spacial score (nSPS) is 16.4. The lowest BCUT2D eigenvalue weighted by molar-refractivity contribution is 0.301. The molecule has 1 fully saturated rings. The molecule has 106 valence electrons. The van der Waals surface area contributed by atoms with Crippen molar-refractivity contribution in [3.63, 3.8) is 0 Å². The molecule has 0 saturated carbocycles. The molecule has 0 amide bonds. The Balaban J connectivity index is 2.25. The van der Waals surface area contributed by atoms with Crippen LogP contribution in [-0.4, -0.2) is 26.8 Å². The molecule has 19 heavy (non-hydrogen) atoms. The minimum atomic E-state index is 0.659. The van der Waals surface area contributed by atoms with Gasteiger partial charge >= 0.3 is 0 Å². The highest BCUT2D eigenvalue weighted by Gasteiger charge is 2.20. The lowest BCUT2D eigenvalue weighted by atomic mass is 9.90. The molecule has 0 spiro atoms.